The van der Waals surface area contributed by atoms with Gasteiger partial charge in [0.1, 0.15) is 0 Å². The second kappa shape index (κ2) is 14.5. The fraction of sp³-hybridized carbons (Fsp3) is 0.169. The van der Waals surface area contributed by atoms with Crippen LogP contribution < -0.4 is 4.90 Å². The molecule has 14 rings (SSSR count). The molecule has 8 aromatic carbocycles. The minimum atomic E-state index is -0.455. The molecule has 3 atom stereocenters. The number of allylic oxidation sites excluding steroid dienone is 6. The second-order valence-corrected chi connectivity index (χ2v) is 21.2. The Kier molecular flexibility index (Phi) is 8.48. The highest BCUT2D eigenvalue weighted by molar-refractivity contribution is 7.25. The zero-order chi connectivity index (χ0) is 44.5. The van der Waals surface area contributed by atoms with Crippen LogP contribution in [0.2, 0.25) is 0 Å². The van der Waals surface area contributed by atoms with E-state index in [4.69, 9.17) is 0 Å². The first kappa shape index (κ1) is 39.2. The Morgan fingerprint density at radius 2 is 1.21 bits per heavy atom. The van der Waals surface area contributed by atoms with E-state index in [9.17, 15) is 0 Å². The molecule has 3 unspecified atom stereocenters. The van der Waals surface area contributed by atoms with Crippen LogP contribution in [0.4, 0.5) is 17.1 Å². The van der Waals surface area contributed by atoms with Gasteiger partial charge >= 0.3 is 0 Å². The SMILES string of the molecule is CC1(C)c2ccccc2-c2ccc(N(c3ccc(C4(C5=CCCCC5)c5ccccc5C5(c6ccccc6)c6c(cccc64)C4=CC=CCC45)cc3)c3ccc4sc5ccccc5c4c3)cc21. The summed E-state index contributed by atoms with van der Waals surface area (Å²) in [6.07, 6.45) is 15.4. The third-order valence-corrected chi connectivity index (χ3v) is 17.8. The summed E-state index contributed by atoms with van der Waals surface area (Å²) in [4.78, 5) is 2.52. The Morgan fingerprint density at radius 3 is 2.06 bits per heavy atom. The Bertz CT molecular complexity index is 3600. The minimum Gasteiger partial charge on any atom is -0.310 e. The lowest BCUT2D eigenvalue weighted by Gasteiger charge is -2.52. The van der Waals surface area contributed by atoms with Crippen molar-refractivity contribution < 1.29 is 0 Å². The van der Waals surface area contributed by atoms with Crippen LogP contribution in [-0.2, 0) is 16.2 Å². The molecular weight excluding hydrogens is 827 g/mol. The minimum absolute atomic E-state index is 0.117. The summed E-state index contributed by atoms with van der Waals surface area (Å²) in [6, 6.07) is 70.4. The molecule has 5 aliphatic carbocycles. The van der Waals surface area contributed by atoms with Gasteiger partial charge in [0, 0.05) is 48.6 Å². The van der Waals surface area contributed by atoms with Gasteiger partial charge in [-0.3, -0.25) is 0 Å². The fourth-order valence-corrected chi connectivity index (χ4v) is 14.9. The Balaban J connectivity index is 1.01. The highest BCUT2D eigenvalue weighted by atomic mass is 32.1. The molecule has 0 saturated carbocycles. The van der Waals surface area contributed by atoms with Crippen molar-refractivity contribution in [2.45, 2.75) is 62.2 Å². The van der Waals surface area contributed by atoms with Crippen LogP contribution in [0.3, 0.4) is 0 Å². The third kappa shape index (κ3) is 5.25. The quantitative estimate of drug-likeness (QED) is 0.150. The monoisotopic (exact) mass is 877 g/mol. The molecule has 1 nitrogen and oxygen atoms in total. The van der Waals surface area contributed by atoms with Gasteiger partial charge in [0.15, 0.2) is 0 Å². The Hall–Kier alpha value is -7.00. The van der Waals surface area contributed by atoms with Gasteiger partial charge in [-0.1, -0.05) is 177 Å². The van der Waals surface area contributed by atoms with Gasteiger partial charge in [-0.15, -0.1) is 11.3 Å². The zero-order valence-corrected chi connectivity index (χ0v) is 38.9. The molecule has 9 aromatic rings. The smallest absolute Gasteiger partial charge is 0.0667 e. The number of rotatable bonds is 6. The van der Waals surface area contributed by atoms with E-state index >= 15 is 0 Å². The van der Waals surface area contributed by atoms with Gasteiger partial charge in [-0.25, -0.2) is 0 Å². The molecule has 5 aliphatic rings. The summed E-state index contributed by atoms with van der Waals surface area (Å²) in [5.41, 5.74) is 21.1. The van der Waals surface area contributed by atoms with Gasteiger partial charge in [-0.05, 0) is 147 Å². The molecule has 0 fully saturated rings. The molecule has 2 heteroatoms. The number of nitrogens with zero attached hydrogens (tertiary/aromatic N) is 1. The molecule has 0 aliphatic heterocycles. The summed E-state index contributed by atoms with van der Waals surface area (Å²) in [5.74, 6) is 0.314. The van der Waals surface area contributed by atoms with Gasteiger partial charge in [-0.2, -0.15) is 0 Å². The first-order valence-electron chi connectivity index (χ1n) is 24.4. The molecule has 67 heavy (non-hydrogen) atoms. The van der Waals surface area contributed by atoms with Gasteiger partial charge in [0.05, 0.1) is 10.8 Å². The van der Waals surface area contributed by atoms with Crippen molar-refractivity contribution in [1.29, 1.82) is 0 Å². The lowest BCUT2D eigenvalue weighted by Crippen LogP contribution is -2.47. The summed E-state index contributed by atoms with van der Waals surface area (Å²) in [6.45, 7) is 4.78. The molecule has 0 saturated heterocycles. The van der Waals surface area contributed by atoms with Crippen LogP contribution in [0.1, 0.15) is 96.0 Å². The van der Waals surface area contributed by atoms with Crippen LogP contribution in [0.5, 0.6) is 0 Å². The van der Waals surface area contributed by atoms with Crippen LogP contribution in [-0.4, -0.2) is 0 Å². The predicted octanol–water partition coefficient (Wildman–Crippen LogP) is 17.3. The van der Waals surface area contributed by atoms with Crippen molar-refractivity contribution in [3.05, 3.63) is 262 Å². The second-order valence-electron chi connectivity index (χ2n) is 20.1. The van der Waals surface area contributed by atoms with Crippen molar-refractivity contribution in [2.75, 3.05) is 4.90 Å². The van der Waals surface area contributed by atoms with E-state index in [-0.39, 0.29) is 10.8 Å². The topological polar surface area (TPSA) is 3.24 Å². The number of hydrogen-bond donors (Lipinski definition) is 0. The number of fused-ring (bicyclic) bond motifs is 11. The Morgan fingerprint density at radius 1 is 0.522 bits per heavy atom. The fourth-order valence-electron chi connectivity index (χ4n) is 13.9. The normalized spacial score (nSPS) is 21.5. The van der Waals surface area contributed by atoms with Crippen molar-refractivity contribution >= 4 is 54.1 Å². The lowest BCUT2D eigenvalue weighted by molar-refractivity contribution is 0.448. The average Bonchev–Trinajstić information content (AvgIpc) is 3.99. The molecular formula is C65H51NS. The summed E-state index contributed by atoms with van der Waals surface area (Å²) < 4.78 is 2.64. The van der Waals surface area contributed by atoms with Crippen molar-refractivity contribution in [3.8, 4) is 11.1 Å². The van der Waals surface area contributed by atoms with E-state index in [1.807, 2.05) is 11.3 Å². The van der Waals surface area contributed by atoms with E-state index in [0.29, 0.717) is 5.92 Å². The maximum absolute atomic E-state index is 2.63. The Labute approximate surface area is 398 Å². The van der Waals surface area contributed by atoms with Crippen LogP contribution in [0, 0.1) is 5.92 Å². The molecule has 0 amide bonds. The van der Waals surface area contributed by atoms with Gasteiger partial charge in [0.25, 0.3) is 0 Å². The van der Waals surface area contributed by atoms with Crippen LogP contribution in [0.25, 0.3) is 36.9 Å². The molecule has 322 valence electrons. The molecule has 1 aromatic heterocycles. The van der Waals surface area contributed by atoms with E-state index in [0.717, 1.165) is 24.9 Å². The van der Waals surface area contributed by atoms with E-state index in [1.165, 1.54) is 111 Å². The molecule has 1 heterocycles. The summed E-state index contributed by atoms with van der Waals surface area (Å²) >= 11 is 1.88. The maximum Gasteiger partial charge on any atom is 0.0667 e. The van der Waals surface area contributed by atoms with E-state index in [1.54, 1.807) is 5.57 Å². The average molecular weight is 878 g/mol. The first-order valence-corrected chi connectivity index (χ1v) is 25.2. The molecule has 0 bridgehead atoms. The third-order valence-electron chi connectivity index (χ3n) is 16.6. The van der Waals surface area contributed by atoms with Crippen molar-refractivity contribution in [1.82, 2.24) is 0 Å². The van der Waals surface area contributed by atoms with E-state index < -0.39 is 5.41 Å². The largest absolute Gasteiger partial charge is 0.310 e. The van der Waals surface area contributed by atoms with Crippen molar-refractivity contribution in [2.24, 2.45) is 5.92 Å². The molecule has 0 N–H and O–H groups in total. The van der Waals surface area contributed by atoms with Gasteiger partial charge < -0.3 is 4.90 Å². The molecule has 0 spiro atoms. The first-order chi connectivity index (χ1) is 33.0. The number of thiophene rings is 1. The number of benzene rings is 8. The highest BCUT2D eigenvalue weighted by Gasteiger charge is 2.60. The van der Waals surface area contributed by atoms with Crippen LogP contribution in [0.15, 0.2) is 212 Å². The van der Waals surface area contributed by atoms with Gasteiger partial charge in [0.2, 0.25) is 0 Å². The lowest BCUT2D eigenvalue weighted by atomic mass is 9.49. The highest BCUT2D eigenvalue weighted by Crippen LogP contribution is 2.68. The van der Waals surface area contributed by atoms with Crippen molar-refractivity contribution in [3.63, 3.8) is 0 Å². The van der Waals surface area contributed by atoms with Crippen LogP contribution >= 0.6 is 11.3 Å². The summed E-state index contributed by atoms with van der Waals surface area (Å²) in [7, 11) is 0. The van der Waals surface area contributed by atoms with E-state index in [2.05, 4.69) is 225 Å². The molecule has 0 radical (unpaired) electrons. The predicted molar refractivity (Wildman–Crippen MR) is 282 cm³/mol. The number of hydrogen-bond acceptors (Lipinski definition) is 2. The standard InChI is InChI=1S/C65H51NS/c1-63(2)54-26-12-9-22-48(54)50-38-36-47(41-59(50)63)66(46-37-39-61-53(40-46)51-24-11-16-31-60(51)67-61)45-34-32-44(33-35-45)64(42-18-5-3-6-19-42)56-28-14-15-29-57(56)65(43-20-7-4-8-21-43)55-27-13-10-23-49(55)52-25-17-30-58(64)62(52)65/h4,7-18,20-26,28-41,55H,3,5-6,19,27H2,1-2H3. The maximum atomic E-state index is 2.63. The summed E-state index contributed by atoms with van der Waals surface area (Å²) in [5, 5.41) is 2.62. The zero-order valence-electron chi connectivity index (χ0n) is 38.1. The number of anilines is 3.